The summed E-state index contributed by atoms with van der Waals surface area (Å²) in [5.74, 6) is 0.922. The Hall–Kier alpha value is -0.800. The van der Waals surface area contributed by atoms with Crippen molar-refractivity contribution in [2.75, 3.05) is 19.6 Å². The van der Waals surface area contributed by atoms with Crippen molar-refractivity contribution in [1.29, 1.82) is 0 Å². The van der Waals surface area contributed by atoms with E-state index in [1.807, 2.05) is 0 Å². The molecule has 1 unspecified atom stereocenters. The van der Waals surface area contributed by atoms with E-state index in [1.54, 1.807) is 0 Å². The minimum absolute atomic E-state index is 0.720. The summed E-state index contributed by atoms with van der Waals surface area (Å²) in [7, 11) is 2.12. The summed E-state index contributed by atoms with van der Waals surface area (Å²) in [6.07, 6.45) is 4.91. The number of aromatic nitrogens is 1. The molecule has 3 aliphatic rings. The van der Waals surface area contributed by atoms with Crippen LogP contribution in [0.15, 0.2) is 18.3 Å². The molecule has 0 radical (unpaired) electrons. The lowest BCUT2D eigenvalue weighted by molar-refractivity contribution is 0.0717. The van der Waals surface area contributed by atoms with Gasteiger partial charge in [-0.05, 0) is 44.0 Å². The van der Waals surface area contributed by atoms with E-state index in [1.165, 1.54) is 38.2 Å². The number of piperidine rings is 3. The number of nitrogens with zero attached hydrogens (tertiary/aromatic N) is 2. The predicted octanol–water partition coefficient (Wildman–Crippen LogP) is 1.21. The molecule has 0 aliphatic carbocycles. The number of hydrogen-bond donors (Lipinski definition) is 1. The summed E-state index contributed by atoms with van der Waals surface area (Å²) in [4.78, 5) is 2.60. The van der Waals surface area contributed by atoms with E-state index in [9.17, 15) is 0 Å². The summed E-state index contributed by atoms with van der Waals surface area (Å²) in [5, 5.41) is 3.73. The molecule has 16 heavy (non-hydrogen) atoms. The molecular formula is C13H21N3. The van der Waals surface area contributed by atoms with Gasteiger partial charge in [0.1, 0.15) is 0 Å². The first-order valence-corrected chi connectivity index (χ1v) is 6.39. The van der Waals surface area contributed by atoms with Gasteiger partial charge in [0.05, 0.1) is 0 Å². The van der Waals surface area contributed by atoms with Crippen LogP contribution < -0.4 is 5.32 Å². The third-order valence-electron chi connectivity index (χ3n) is 4.25. The first-order chi connectivity index (χ1) is 7.83. The molecule has 4 heterocycles. The Labute approximate surface area is 97.4 Å². The molecule has 3 saturated heterocycles. The zero-order valence-corrected chi connectivity index (χ0v) is 10.0. The lowest BCUT2D eigenvalue weighted by Gasteiger charge is -2.45. The quantitative estimate of drug-likeness (QED) is 0.824. The summed E-state index contributed by atoms with van der Waals surface area (Å²) < 4.78 is 2.20. The van der Waals surface area contributed by atoms with Crippen LogP contribution in [0, 0.1) is 5.92 Å². The van der Waals surface area contributed by atoms with Gasteiger partial charge in [-0.3, -0.25) is 0 Å². The fraction of sp³-hybridized carbons (Fsp3) is 0.692. The Morgan fingerprint density at radius 1 is 1.38 bits per heavy atom. The molecule has 0 saturated carbocycles. The van der Waals surface area contributed by atoms with Crippen LogP contribution in [0.5, 0.6) is 0 Å². The van der Waals surface area contributed by atoms with Gasteiger partial charge < -0.3 is 14.8 Å². The van der Waals surface area contributed by atoms with Gasteiger partial charge >= 0.3 is 0 Å². The van der Waals surface area contributed by atoms with Crippen molar-refractivity contribution in [2.45, 2.75) is 25.4 Å². The van der Waals surface area contributed by atoms with E-state index in [0.29, 0.717) is 0 Å². The van der Waals surface area contributed by atoms with Crippen LogP contribution in [-0.4, -0.2) is 35.1 Å². The zero-order chi connectivity index (χ0) is 11.0. The van der Waals surface area contributed by atoms with Gasteiger partial charge in [0, 0.05) is 38.1 Å². The van der Waals surface area contributed by atoms with Gasteiger partial charge in [0.15, 0.2) is 0 Å². The Balaban J connectivity index is 1.58. The molecule has 3 fully saturated rings. The maximum atomic E-state index is 3.73. The largest absolute Gasteiger partial charge is 0.353 e. The van der Waals surface area contributed by atoms with E-state index >= 15 is 0 Å². The number of fused-ring (bicyclic) bond motifs is 3. The lowest BCUT2D eigenvalue weighted by Crippen LogP contribution is -2.55. The molecule has 1 atom stereocenters. The number of nitrogens with one attached hydrogen (secondary N) is 1. The van der Waals surface area contributed by atoms with Gasteiger partial charge in [0.2, 0.25) is 0 Å². The molecule has 3 heteroatoms. The maximum absolute atomic E-state index is 3.73. The van der Waals surface area contributed by atoms with Gasteiger partial charge in [0.25, 0.3) is 0 Å². The smallest absolute Gasteiger partial charge is 0.0362 e. The molecule has 0 amide bonds. The van der Waals surface area contributed by atoms with Crippen LogP contribution in [0.25, 0.3) is 0 Å². The van der Waals surface area contributed by atoms with E-state index < -0.39 is 0 Å². The molecule has 1 aromatic rings. The van der Waals surface area contributed by atoms with Crippen LogP contribution >= 0.6 is 0 Å². The SMILES string of the molecule is Cn1cccc1CNC1CN2CCC1CC2. The fourth-order valence-electron chi connectivity index (χ4n) is 3.11. The van der Waals surface area contributed by atoms with Gasteiger partial charge in [-0.15, -0.1) is 0 Å². The number of aryl methyl sites for hydroxylation is 1. The monoisotopic (exact) mass is 219 g/mol. The van der Waals surface area contributed by atoms with Gasteiger partial charge in [-0.1, -0.05) is 0 Å². The second kappa shape index (κ2) is 4.22. The van der Waals surface area contributed by atoms with Crippen molar-refractivity contribution in [3.05, 3.63) is 24.0 Å². The average Bonchev–Trinajstić information content (AvgIpc) is 2.74. The molecule has 1 aromatic heterocycles. The van der Waals surface area contributed by atoms with E-state index in [0.717, 1.165) is 18.5 Å². The Morgan fingerprint density at radius 2 is 2.19 bits per heavy atom. The van der Waals surface area contributed by atoms with Crippen molar-refractivity contribution in [2.24, 2.45) is 13.0 Å². The standard InChI is InChI=1S/C13H21N3/c1-15-6-2-3-12(15)9-14-13-10-16-7-4-11(13)5-8-16/h2-3,6,11,13-14H,4-5,7-10H2,1H3. The molecule has 0 spiro atoms. The normalized spacial score (nSPS) is 33.2. The van der Waals surface area contributed by atoms with Gasteiger partial charge in [-0.25, -0.2) is 0 Å². The molecule has 88 valence electrons. The Kier molecular flexibility index (Phi) is 2.74. The third-order valence-corrected chi connectivity index (χ3v) is 4.25. The second-order valence-corrected chi connectivity index (χ2v) is 5.24. The van der Waals surface area contributed by atoms with Crippen LogP contribution in [0.4, 0.5) is 0 Å². The topological polar surface area (TPSA) is 20.2 Å². The molecule has 2 bridgehead atoms. The van der Waals surface area contributed by atoms with Crippen molar-refractivity contribution in [3.8, 4) is 0 Å². The first-order valence-electron chi connectivity index (χ1n) is 6.39. The molecule has 4 rings (SSSR count). The highest BCUT2D eigenvalue weighted by Gasteiger charge is 2.33. The van der Waals surface area contributed by atoms with E-state index in [4.69, 9.17) is 0 Å². The minimum Gasteiger partial charge on any atom is -0.353 e. The van der Waals surface area contributed by atoms with Crippen molar-refractivity contribution in [3.63, 3.8) is 0 Å². The highest BCUT2D eigenvalue weighted by Crippen LogP contribution is 2.27. The third kappa shape index (κ3) is 1.89. The summed E-state index contributed by atoms with van der Waals surface area (Å²) in [5.41, 5.74) is 1.39. The van der Waals surface area contributed by atoms with Crippen molar-refractivity contribution < 1.29 is 0 Å². The molecular weight excluding hydrogens is 198 g/mol. The Morgan fingerprint density at radius 3 is 2.75 bits per heavy atom. The predicted molar refractivity (Wildman–Crippen MR) is 65.2 cm³/mol. The second-order valence-electron chi connectivity index (χ2n) is 5.24. The maximum Gasteiger partial charge on any atom is 0.0362 e. The van der Waals surface area contributed by atoms with Crippen LogP contribution in [0.3, 0.4) is 0 Å². The average molecular weight is 219 g/mol. The Bertz CT molecular complexity index is 350. The molecule has 1 N–H and O–H groups in total. The molecule has 0 aromatic carbocycles. The van der Waals surface area contributed by atoms with E-state index in [-0.39, 0.29) is 0 Å². The van der Waals surface area contributed by atoms with Crippen LogP contribution in [-0.2, 0) is 13.6 Å². The van der Waals surface area contributed by atoms with Gasteiger partial charge in [-0.2, -0.15) is 0 Å². The lowest BCUT2D eigenvalue weighted by atomic mass is 9.84. The minimum atomic E-state index is 0.720. The number of hydrogen-bond acceptors (Lipinski definition) is 2. The molecule has 3 nitrogen and oxygen atoms in total. The highest BCUT2D eigenvalue weighted by atomic mass is 15.2. The zero-order valence-electron chi connectivity index (χ0n) is 10.0. The van der Waals surface area contributed by atoms with Crippen LogP contribution in [0.2, 0.25) is 0 Å². The molecule has 3 aliphatic heterocycles. The van der Waals surface area contributed by atoms with Crippen LogP contribution in [0.1, 0.15) is 18.5 Å². The highest BCUT2D eigenvalue weighted by molar-refractivity contribution is 5.06. The van der Waals surface area contributed by atoms with Crippen molar-refractivity contribution >= 4 is 0 Å². The van der Waals surface area contributed by atoms with Crippen molar-refractivity contribution in [1.82, 2.24) is 14.8 Å². The summed E-state index contributed by atoms with van der Waals surface area (Å²) >= 11 is 0. The summed E-state index contributed by atoms with van der Waals surface area (Å²) in [6, 6.07) is 5.04. The summed E-state index contributed by atoms with van der Waals surface area (Å²) in [6.45, 7) is 4.92. The fourth-order valence-corrected chi connectivity index (χ4v) is 3.11. The van der Waals surface area contributed by atoms with E-state index in [2.05, 4.69) is 40.2 Å². The number of rotatable bonds is 3. The first kappa shape index (κ1) is 10.4.